The summed E-state index contributed by atoms with van der Waals surface area (Å²) in [5.41, 5.74) is 1.17. The smallest absolute Gasteiger partial charge is 0.435 e. The molecule has 0 atom stereocenters. The first kappa shape index (κ1) is 18.4. The molecule has 0 bridgehead atoms. The third kappa shape index (κ3) is 4.77. The van der Waals surface area contributed by atoms with Gasteiger partial charge in [-0.25, -0.2) is 4.79 Å². The number of carbonyl (C=O) groups excluding carboxylic acids is 1. The van der Waals surface area contributed by atoms with Crippen LogP contribution in [0.3, 0.4) is 0 Å². The summed E-state index contributed by atoms with van der Waals surface area (Å²) in [6, 6.07) is 7.75. The molecule has 0 saturated carbocycles. The Morgan fingerprint density at radius 3 is 2.42 bits per heavy atom. The maximum Gasteiger partial charge on any atom is 0.435 e. The van der Waals surface area contributed by atoms with Crippen molar-refractivity contribution in [3.63, 3.8) is 0 Å². The van der Waals surface area contributed by atoms with Crippen LogP contribution in [0.15, 0.2) is 30.3 Å². The molecule has 2 aromatic rings. The van der Waals surface area contributed by atoms with Gasteiger partial charge in [0.05, 0.1) is 11.4 Å². The number of ether oxygens (including phenoxy) is 2. The van der Waals surface area contributed by atoms with Crippen LogP contribution in [0, 0.1) is 0 Å². The topological polar surface area (TPSA) is 53.4 Å². The molecule has 1 heterocycles. The Hall–Kier alpha value is -1.96. The molecule has 0 saturated heterocycles. The Morgan fingerprint density at radius 1 is 1.29 bits per heavy atom. The van der Waals surface area contributed by atoms with E-state index < -0.39 is 18.3 Å². The van der Waals surface area contributed by atoms with Gasteiger partial charge in [0.25, 0.3) is 0 Å². The zero-order chi connectivity index (χ0) is 17.9. The predicted octanol–water partition coefficient (Wildman–Crippen LogP) is 4.83. The van der Waals surface area contributed by atoms with E-state index in [2.05, 4.69) is 25.8 Å². The molecule has 24 heavy (non-hydrogen) atoms. The summed E-state index contributed by atoms with van der Waals surface area (Å²) >= 11 is 3.31. The zero-order valence-electron chi connectivity index (χ0n) is 13.4. The van der Waals surface area contributed by atoms with Gasteiger partial charge < -0.3 is 9.47 Å². The Labute approximate surface area is 146 Å². The van der Waals surface area contributed by atoms with E-state index in [0.717, 1.165) is 0 Å². The summed E-state index contributed by atoms with van der Waals surface area (Å²) in [6.07, 6.45) is -0.583. The minimum Gasteiger partial charge on any atom is -0.442 e. The quantitative estimate of drug-likeness (QED) is 0.687. The van der Waals surface area contributed by atoms with Gasteiger partial charge in [-0.3, -0.25) is 0 Å². The molecule has 0 unspecified atom stereocenters. The van der Waals surface area contributed by atoms with Crippen molar-refractivity contribution in [3.8, 4) is 17.0 Å². The lowest BCUT2D eigenvalue weighted by molar-refractivity contribution is -0.0498. The Morgan fingerprint density at radius 2 is 1.92 bits per heavy atom. The molecule has 0 aliphatic carbocycles. The van der Waals surface area contributed by atoms with E-state index in [4.69, 9.17) is 4.74 Å². The molecule has 0 aliphatic heterocycles. The molecule has 0 amide bonds. The average Bonchev–Trinajstić information content (AvgIpc) is 2.90. The number of benzene rings is 1. The summed E-state index contributed by atoms with van der Waals surface area (Å²) in [6.45, 7) is 2.43. The highest BCUT2D eigenvalue weighted by Crippen LogP contribution is 2.24. The number of rotatable bonds is 4. The fourth-order valence-corrected chi connectivity index (χ4v) is 2.33. The van der Waals surface area contributed by atoms with Crippen LogP contribution in [0.4, 0.5) is 13.6 Å². The van der Waals surface area contributed by atoms with Gasteiger partial charge in [0.15, 0.2) is 0 Å². The molecule has 1 aromatic carbocycles. The van der Waals surface area contributed by atoms with Crippen molar-refractivity contribution < 1.29 is 23.0 Å². The van der Waals surface area contributed by atoms with E-state index in [0.29, 0.717) is 22.3 Å². The SMILES string of the molecule is CC(C)(C)OC(=O)n1nc(-c2ccc(OC(F)F)cc2)cc1CBr. The molecule has 2 rings (SSSR count). The Balaban J connectivity index is 2.27. The highest BCUT2D eigenvalue weighted by atomic mass is 79.9. The summed E-state index contributed by atoms with van der Waals surface area (Å²) in [7, 11) is 0. The first-order valence-electron chi connectivity index (χ1n) is 7.13. The van der Waals surface area contributed by atoms with E-state index in [-0.39, 0.29) is 5.75 Å². The first-order valence-corrected chi connectivity index (χ1v) is 8.25. The van der Waals surface area contributed by atoms with Gasteiger partial charge >= 0.3 is 12.7 Å². The molecule has 130 valence electrons. The van der Waals surface area contributed by atoms with Gasteiger partial charge in [-0.15, -0.1) is 0 Å². The van der Waals surface area contributed by atoms with Gasteiger partial charge in [0.1, 0.15) is 11.4 Å². The highest BCUT2D eigenvalue weighted by Gasteiger charge is 2.21. The van der Waals surface area contributed by atoms with Crippen molar-refractivity contribution in [2.45, 2.75) is 38.3 Å². The molecule has 0 radical (unpaired) electrons. The van der Waals surface area contributed by atoms with Crippen LogP contribution in [0.25, 0.3) is 11.3 Å². The molecule has 5 nitrogen and oxygen atoms in total. The normalized spacial score (nSPS) is 11.6. The van der Waals surface area contributed by atoms with Gasteiger partial charge in [0, 0.05) is 10.9 Å². The molecule has 1 aromatic heterocycles. The first-order chi connectivity index (χ1) is 11.2. The fourth-order valence-electron chi connectivity index (χ4n) is 1.93. The maximum absolute atomic E-state index is 12.2. The van der Waals surface area contributed by atoms with E-state index >= 15 is 0 Å². The largest absolute Gasteiger partial charge is 0.442 e. The highest BCUT2D eigenvalue weighted by molar-refractivity contribution is 9.08. The summed E-state index contributed by atoms with van der Waals surface area (Å²) in [5, 5.41) is 4.66. The summed E-state index contributed by atoms with van der Waals surface area (Å²) in [5.74, 6) is 0.0565. The lowest BCUT2D eigenvalue weighted by Crippen LogP contribution is -2.28. The summed E-state index contributed by atoms with van der Waals surface area (Å²) < 4.78 is 35.2. The van der Waals surface area contributed by atoms with Crippen LogP contribution >= 0.6 is 15.9 Å². The molecule has 8 heteroatoms. The van der Waals surface area contributed by atoms with Crippen molar-refractivity contribution in [1.82, 2.24) is 9.78 Å². The fraction of sp³-hybridized carbons (Fsp3) is 0.375. The van der Waals surface area contributed by atoms with Crippen LogP contribution < -0.4 is 4.74 Å². The van der Waals surface area contributed by atoms with Gasteiger partial charge in [0.2, 0.25) is 0 Å². The van der Waals surface area contributed by atoms with E-state index in [1.54, 1.807) is 39.0 Å². The molecule has 0 aliphatic rings. The second-order valence-electron chi connectivity index (χ2n) is 5.95. The lowest BCUT2D eigenvalue weighted by Gasteiger charge is -2.19. The monoisotopic (exact) mass is 402 g/mol. The van der Waals surface area contributed by atoms with Crippen molar-refractivity contribution in [1.29, 1.82) is 0 Å². The minimum absolute atomic E-state index is 0.0565. The van der Waals surface area contributed by atoms with Crippen LogP contribution in [0.5, 0.6) is 5.75 Å². The second kappa shape index (κ2) is 7.29. The van der Waals surface area contributed by atoms with Gasteiger partial charge in [-0.1, -0.05) is 15.9 Å². The number of nitrogens with zero attached hydrogens (tertiary/aromatic N) is 2. The molecule has 0 fully saturated rings. The van der Waals surface area contributed by atoms with Crippen LogP contribution in [0.1, 0.15) is 26.5 Å². The predicted molar refractivity (Wildman–Crippen MR) is 88.6 cm³/mol. The Kier molecular flexibility index (Phi) is 5.58. The maximum atomic E-state index is 12.2. The number of carbonyl (C=O) groups is 1. The van der Waals surface area contributed by atoms with Crippen molar-refractivity contribution in [3.05, 3.63) is 36.0 Å². The van der Waals surface area contributed by atoms with E-state index in [9.17, 15) is 13.6 Å². The number of halogens is 3. The molecular weight excluding hydrogens is 386 g/mol. The van der Waals surface area contributed by atoms with Crippen LogP contribution in [-0.2, 0) is 10.1 Å². The van der Waals surface area contributed by atoms with Gasteiger partial charge in [-0.2, -0.15) is 18.6 Å². The summed E-state index contributed by atoms with van der Waals surface area (Å²) in [4.78, 5) is 12.2. The molecular formula is C16H17BrF2N2O3. The number of hydrogen-bond acceptors (Lipinski definition) is 4. The van der Waals surface area contributed by atoms with E-state index in [1.807, 2.05) is 0 Å². The number of hydrogen-bond donors (Lipinski definition) is 0. The second-order valence-corrected chi connectivity index (χ2v) is 6.51. The molecule has 0 N–H and O–H groups in total. The number of aromatic nitrogens is 2. The minimum atomic E-state index is -2.87. The third-order valence-corrected chi connectivity index (χ3v) is 3.44. The standard InChI is InChI=1S/C16H17BrF2N2O3/c1-16(2,3)24-15(22)21-11(9-17)8-13(20-21)10-4-6-12(7-5-10)23-14(18)19/h4-8,14H,9H2,1-3H3. The average molecular weight is 403 g/mol. The Bertz CT molecular complexity index is 709. The van der Waals surface area contributed by atoms with Crippen molar-refractivity contribution in [2.24, 2.45) is 0 Å². The van der Waals surface area contributed by atoms with Crippen molar-refractivity contribution >= 4 is 22.0 Å². The zero-order valence-corrected chi connectivity index (χ0v) is 15.0. The van der Waals surface area contributed by atoms with Crippen LogP contribution in [0.2, 0.25) is 0 Å². The van der Waals surface area contributed by atoms with Crippen molar-refractivity contribution in [2.75, 3.05) is 0 Å². The van der Waals surface area contributed by atoms with Crippen LogP contribution in [-0.4, -0.2) is 28.1 Å². The van der Waals surface area contributed by atoms with Gasteiger partial charge in [-0.05, 0) is 51.1 Å². The molecule has 0 spiro atoms. The number of alkyl halides is 3. The van der Waals surface area contributed by atoms with E-state index in [1.165, 1.54) is 16.8 Å². The third-order valence-electron chi connectivity index (χ3n) is 2.86. The lowest BCUT2D eigenvalue weighted by atomic mass is 10.1.